The number of ether oxygens (including phenoxy) is 1. The van der Waals surface area contributed by atoms with Crippen LogP contribution in [0.3, 0.4) is 0 Å². The molecule has 2 saturated carbocycles. The molecule has 0 unspecified atom stereocenters. The number of benzene rings is 1. The third-order valence-electron chi connectivity index (χ3n) is 8.40. The number of para-hydroxylation sites is 1. The van der Waals surface area contributed by atoms with E-state index in [2.05, 4.69) is 9.62 Å². The number of fused-ring (bicyclic) bond motifs is 1. The van der Waals surface area contributed by atoms with Crippen LogP contribution >= 0.6 is 0 Å². The number of morpholine rings is 1. The molecular formula is C28H35N5O4S. The molecule has 0 atom stereocenters. The van der Waals surface area contributed by atoms with Crippen LogP contribution in [0, 0.1) is 0 Å². The van der Waals surface area contributed by atoms with Crippen LogP contribution in [0.1, 0.15) is 78.5 Å². The molecule has 3 aromatic rings. The van der Waals surface area contributed by atoms with Crippen molar-refractivity contribution in [2.24, 2.45) is 0 Å². The lowest BCUT2D eigenvalue weighted by molar-refractivity contribution is 0.00732. The molecule has 3 heterocycles. The second-order valence-corrected chi connectivity index (χ2v) is 12.7. The highest BCUT2D eigenvalue weighted by atomic mass is 32.2. The number of hydrogen-bond donors (Lipinski definition) is 1. The number of pyridine rings is 1. The van der Waals surface area contributed by atoms with Crippen LogP contribution in [-0.4, -0.2) is 72.6 Å². The van der Waals surface area contributed by atoms with Gasteiger partial charge in [-0.3, -0.25) is 9.69 Å². The van der Waals surface area contributed by atoms with E-state index in [9.17, 15) is 13.2 Å². The summed E-state index contributed by atoms with van der Waals surface area (Å²) in [5.41, 5.74) is 3.76. The van der Waals surface area contributed by atoms with Crippen molar-refractivity contribution in [2.75, 3.05) is 32.6 Å². The van der Waals surface area contributed by atoms with Crippen LogP contribution in [0.15, 0.2) is 36.4 Å². The molecule has 38 heavy (non-hydrogen) atoms. The fourth-order valence-corrected chi connectivity index (χ4v) is 6.68. The van der Waals surface area contributed by atoms with E-state index < -0.39 is 15.9 Å². The van der Waals surface area contributed by atoms with Crippen molar-refractivity contribution in [3.05, 3.63) is 53.3 Å². The summed E-state index contributed by atoms with van der Waals surface area (Å²) in [6.07, 6.45) is 8.56. The SMILES string of the molecule is CS(=O)(=O)NC(=O)c1cc(C2CCC(N3CCOCC3)CC2)c2c(C3CCC3)nn(-c3ccccc3)c2n1. The average Bonchev–Trinajstić information content (AvgIpc) is 3.26. The molecule has 0 spiro atoms. The van der Waals surface area contributed by atoms with Crippen LogP contribution in [0.4, 0.5) is 0 Å². The molecule has 10 heteroatoms. The first-order valence-corrected chi connectivity index (χ1v) is 15.6. The molecule has 1 aromatic carbocycles. The lowest BCUT2D eigenvalue weighted by atomic mass is 9.77. The molecule has 3 fully saturated rings. The first-order valence-electron chi connectivity index (χ1n) is 13.7. The topological polar surface area (TPSA) is 106 Å². The highest BCUT2D eigenvalue weighted by Gasteiger charge is 2.33. The van der Waals surface area contributed by atoms with Gasteiger partial charge in [-0.15, -0.1) is 0 Å². The number of hydrogen-bond acceptors (Lipinski definition) is 7. The van der Waals surface area contributed by atoms with E-state index in [1.54, 1.807) is 0 Å². The molecule has 1 amide bonds. The van der Waals surface area contributed by atoms with Gasteiger partial charge in [0.15, 0.2) is 5.65 Å². The second kappa shape index (κ2) is 10.4. The van der Waals surface area contributed by atoms with Crippen LogP contribution in [0.25, 0.3) is 16.7 Å². The summed E-state index contributed by atoms with van der Waals surface area (Å²) in [5, 5.41) is 6.13. The summed E-state index contributed by atoms with van der Waals surface area (Å²) in [5.74, 6) is -0.0677. The predicted octanol–water partition coefficient (Wildman–Crippen LogP) is 3.74. The van der Waals surface area contributed by atoms with Gasteiger partial charge in [-0.25, -0.2) is 22.8 Å². The van der Waals surface area contributed by atoms with Gasteiger partial charge in [-0.2, -0.15) is 5.10 Å². The van der Waals surface area contributed by atoms with Crippen molar-refractivity contribution < 1.29 is 17.9 Å². The summed E-state index contributed by atoms with van der Waals surface area (Å²) in [7, 11) is -3.73. The first-order chi connectivity index (χ1) is 18.4. The number of sulfonamides is 1. The quantitative estimate of drug-likeness (QED) is 0.511. The number of nitrogens with one attached hydrogen (secondary N) is 1. The molecule has 6 rings (SSSR count). The minimum atomic E-state index is -3.73. The Hall–Kier alpha value is -2.82. The van der Waals surface area contributed by atoms with E-state index >= 15 is 0 Å². The number of amides is 1. The van der Waals surface area contributed by atoms with Crippen LogP contribution in [0.2, 0.25) is 0 Å². The van der Waals surface area contributed by atoms with E-state index in [1.165, 1.54) is 6.42 Å². The van der Waals surface area contributed by atoms with Crippen molar-refractivity contribution in [3.63, 3.8) is 0 Å². The zero-order valence-corrected chi connectivity index (χ0v) is 22.6. The number of aromatic nitrogens is 3. The second-order valence-electron chi connectivity index (χ2n) is 10.9. The highest BCUT2D eigenvalue weighted by molar-refractivity contribution is 7.89. The average molecular weight is 538 g/mol. The Bertz CT molecular complexity index is 1420. The Labute approximate surface area is 223 Å². The number of carbonyl (C=O) groups excluding carboxylic acids is 1. The summed E-state index contributed by atoms with van der Waals surface area (Å²) in [6, 6.07) is 12.2. The molecule has 2 aromatic heterocycles. The zero-order valence-electron chi connectivity index (χ0n) is 21.8. The maximum atomic E-state index is 13.1. The molecule has 9 nitrogen and oxygen atoms in total. The zero-order chi connectivity index (χ0) is 26.3. The van der Waals surface area contributed by atoms with E-state index in [0.717, 1.165) is 93.4 Å². The minimum Gasteiger partial charge on any atom is -0.379 e. The van der Waals surface area contributed by atoms with Gasteiger partial charge in [0.05, 0.1) is 30.9 Å². The summed E-state index contributed by atoms with van der Waals surface area (Å²) < 4.78 is 33.3. The maximum Gasteiger partial charge on any atom is 0.283 e. The molecule has 1 aliphatic heterocycles. The van der Waals surface area contributed by atoms with Crippen molar-refractivity contribution in [2.45, 2.75) is 62.8 Å². The maximum absolute atomic E-state index is 13.1. The van der Waals surface area contributed by atoms with Gasteiger partial charge < -0.3 is 4.74 Å². The van der Waals surface area contributed by atoms with Crippen LogP contribution < -0.4 is 4.72 Å². The molecule has 1 N–H and O–H groups in total. The number of rotatable bonds is 6. The number of nitrogens with zero attached hydrogens (tertiary/aromatic N) is 4. The molecule has 202 valence electrons. The Kier molecular flexibility index (Phi) is 6.96. The van der Waals surface area contributed by atoms with Gasteiger partial charge in [0.25, 0.3) is 5.91 Å². The molecule has 0 radical (unpaired) electrons. The lowest BCUT2D eigenvalue weighted by Gasteiger charge is -2.39. The number of carbonyl (C=O) groups is 1. The van der Waals surface area contributed by atoms with E-state index in [-0.39, 0.29) is 11.6 Å². The minimum absolute atomic E-state index is 0.116. The Morgan fingerprint density at radius 1 is 1.00 bits per heavy atom. The summed E-state index contributed by atoms with van der Waals surface area (Å²) in [6.45, 7) is 3.57. The van der Waals surface area contributed by atoms with Gasteiger partial charge in [0, 0.05) is 30.4 Å². The van der Waals surface area contributed by atoms with E-state index in [4.69, 9.17) is 14.8 Å². The van der Waals surface area contributed by atoms with Crippen molar-refractivity contribution in [1.82, 2.24) is 24.4 Å². The van der Waals surface area contributed by atoms with E-state index in [1.807, 2.05) is 41.1 Å². The molecular weight excluding hydrogens is 502 g/mol. The van der Waals surface area contributed by atoms with Gasteiger partial charge >= 0.3 is 0 Å². The van der Waals surface area contributed by atoms with E-state index in [0.29, 0.717) is 17.6 Å². The highest BCUT2D eigenvalue weighted by Crippen LogP contribution is 2.44. The Balaban J connectivity index is 1.44. The van der Waals surface area contributed by atoms with Gasteiger partial charge in [-0.05, 0) is 68.2 Å². The van der Waals surface area contributed by atoms with Gasteiger partial charge in [0.2, 0.25) is 10.0 Å². The molecule has 1 saturated heterocycles. The fourth-order valence-electron chi connectivity index (χ4n) is 6.24. The molecule has 3 aliphatic rings. The van der Waals surface area contributed by atoms with Crippen LogP contribution in [0.5, 0.6) is 0 Å². The summed E-state index contributed by atoms with van der Waals surface area (Å²) in [4.78, 5) is 20.4. The van der Waals surface area contributed by atoms with Gasteiger partial charge in [-0.1, -0.05) is 24.6 Å². The van der Waals surface area contributed by atoms with Crippen LogP contribution in [-0.2, 0) is 14.8 Å². The third kappa shape index (κ3) is 5.09. The monoisotopic (exact) mass is 537 g/mol. The lowest BCUT2D eigenvalue weighted by Crippen LogP contribution is -2.44. The Morgan fingerprint density at radius 3 is 2.34 bits per heavy atom. The predicted molar refractivity (Wildman–Crippen MR) is 145 cm³/mol. The van der Waals surface area contributed by atoms with Crippen molar-refractivity contribution in [3.8, 4) is 5.69 Å². The van der Waals surface area contributed by atoms with Crippen molar-refractivity contribution in [1.29, 1.82) is 0 Å². The molecule has 2 aliphatic carbocycles. The fraction of sp³-hybridized carbons (Fsp3) is 0.536. The third-order valence-corrected chi connectivity index (χ3v) is 8.95. The smallest absolute Gasteiger partial charge is 0.283 e. The summed E-state index contributed by atoms with van der Waals surface area (Å²) >= 11 is 0. The molecule has 0 bridgehead atoms. The standard InChI is InChI=1S/C28H35N5O4S/c1-38(35,36)31-28(34)24-18-23(19-10-12-21(13-11-19)32-14-16-37-17-15-32)25-26(20-6-5-7-20)30-33(27(25)29-24)22-8-3-2-4-9-22/h2-4,8-9,18-21H,5-7,10-17H2,1H3,(H,31,34). The van der Waals surface area contributed by atoms with Gasteiger partial charge in [0.1, 0.15) is 5.69 Å². The normalized spacial score (nSPS) is 23.3. The first kappa shape index (κ1) is 25.5. The Morgan fingerprint density at radius 2 is 1.71 bits per heavy atom. The van der Waals surface area contributed by atoms with Crippen molar-refractivity contribution >= 4 is 27.0 Å². The largest absolute Gasteiger partial charge is 0.379 e.